The quantitative estimate of drug-likeness (QED) is 0.633. The average molecular weight is 411 g/mol. The van der Waals surface area contributed by atoms with Crippen LogP contribution in [-0.4, -0.2) is 48.3 Å². The summed E-state index contributed by atoms with van der Waals surface area (Å²) in [7, 11) is 3.06. The highest BCUT2D eigenvalue weighted by Crippen LogP contribution is 2.34. The highest BCUT2D eigenvalue weighted by molar-refractivity contribution is 5.98. The Kier molecular flexibility index (Phi) is 5.65. The second-order valence-electron chi connectivity index (χ2n) is 7.08. The molecule has 2 aromatic carbocycles. The van der Waals surface area contributed by atoms with Crippen LogP contribution < -0.4 is 9.47 Å². The molecule has 1 aromatic heterocycles. The maximum Gasteiger partial charge on any atom is 0.257 e. The number of ether oxygens (including phenoxy) is 2. The molecular weight excluding hydrogens is 389 g/mol. The zero-order chi connectivity index (χ0) is 21.1. The van der Waals surface area contributed by atoms with Crippen molar-refractivity contribution < 1.29 is 23.1 Å². The molecule has 0 saturated carbocycles. The van der Waals surface area contributed by atoms with Gasteiger partial charge in [0.25, 0.3) is 5.91 Å². The molecule has 1 atom stereocenters. The molecule has 4 rings (SSSR count). The van der Waals surface area contributed by atoms with Gasteiger partial charge in [-0.1, -0.05) is 6.07 Å². The van der Waals surface area contributed by atoms with Gasteiger partial charge in [0.05, 0.1) is 25.7 Å². The fraction of sp³-hybridized carbons (Fsp3) is 0.318. The van der Waals surface area contributed by atoms with E-state index in [9.17, 15) is 9.18 Å². The van der Waals surface area contributed by atoms with E-state index in [4.69, 9.17) is 13.9 Å². The summed E-state index contributed by atoms with van der Waals surface area (Å²) in [5.74, 6) is 1.22. The van der Waals surface area contributed by atoms with Crippen molar-refractivity contribution in [1.82, 2.24) is 15.1 Å². The first-order chi connectivity index (χ1) is 14.6. The van der Waals surface area contributed by atoms with Gasteiger partial charge in [-0.3, -0.25) is 4.79 Å². The average Bonchev–Trinajstić information content (AvgIpc) is 3.29. The fourth-order valence-electron chi connectivity index (χ4n) is 3.70. The molecule has 1 unspecified atom stereocenters. The number of halogens is 1. The lowest BCUT2D eigenvalue weighted by molar-refractivity contribution is 0.0694. The van der Waals surface area contributed by atoms with E-state index in [1.807, 2.05) is 0 Å². The summed E-state index contributed by atoms with van der Waals surface area (Å²) in [4.78, 5) is 14.9. The molecule has 0 N–H and O–H groups in total. The Bertz CT molecular complexity index is 1040. The van der Waals surface area contributed by atoms with Gasteiger partial charge < -0.3 is 18.8 Å². The Morgan fingerprint density at radius 3 is 2.67 bits per heavy atom. The van der Waals surface area contributed by atoms with Gasteiger partial charge in [0.15, 0.2) is 11.5 Å². The van der Waals surface area contributed by atoms with Crippen molar-refractivity contribution in [3.05, 3.63) is 59.7 Å². The van der Waals surface area contributed by atoms with Gasteiger partial charge >= 0.3 is 0 Å². The number of benzene rings is 2. The maximum atomic E-state index is 13.2. The fourth-order valence-corrected chi connectivity index (χ4v) is 3.70. The molecule has 3 aromatic rings. The number of hydrogen-bond donors (Lipinski definition) is 0. The number of para-hydroxylation sites is 1. The van der Waals surface area contributed by atoms with Crippen molar-refractivity contribution in [3.8, 4) is 23.0 Å². The van der Waals surface area contributed by atoms with E-state index >= 15 is 0 Å². The number of amides is 1. The molecule has 1 saturated heterocycles. The number of nitrogens with zero attached hydrogens (tertiary/aromatic N) is 3. The number of carbonyl (C=O) groups is 1. The minimum atomic E-state index is -0.326. The molecular formula is C22H22FN3O4. The van der Waals surface area contributed by atoms with Crippen LogP contribution in [-0.2, 0) is 0 Å². The van der Waals surface area contributed by atoms with Gasteiger partial charge in [0, 0.05) is 18.7 Å². The first-order valence-electron chi connectivity index (χ1n) is 9.70. The Morgan fingerprint density at radius 1 is 1.13 bits per heavy atom. The van der Waals surface area contributed by atoms with Crippen LogP contribution in [0.1, 0.15) is 35.0 Å². The monoisotopic (exact) mass is 411 g/mol. The second-order valence-corrected chi connectivity index (χ2v) is 7.08. The SMILES string of the molecule is COc1cccc(C(=O)N2CCCC(c3nnc(-c4ccc(F)cc4)o3)C2)c1OC. The summed E-state index contributed by atoms with van der Waals surface area (Å²) in [5, 5.41) is 8.26. The number of hydrogen-bond acceptors (Lipinski definition) is 6. The number of carbonyl (C=O) groups excluding carboxylic acids is 1. The van der Waals surface area contributed by atoms with Crippen molar-refractivity contribution in [2.45, 2.75) is 18.8 Å². The van der Waals surface area contributed by atoms with E-state index in [-0.39, 0.29) is 17.6 Å². The number of piperidine rings is 1. The van der Waals surface area contributed by atoms with E-state index in [1.54, 1.807) is 35.2 Å². The highest BCUT2D eigenvalue weighted by atomic mass is 19.1. The molecule has 8 heteroatoms. The number of likely N-dealkylation sites (tertiary alicyclic amines) is 1. The lowest BCUT2D eigenvalue weighted by atomic mass is 9.97. The Balaban J connectivity index is 1.53. The first-order valence-corrected chi connectivity index (χ1v) is 9.70. The molecule has 0 radical (unpaired) electrons. The van der Waals surface area contributed by atoms with Crippen molar-refractivity contribution in [1.29, 1.82) is 0 Å². The van der Waals surface area contributed by atoms with E-state index in [0.29, 0.717) is 47.5 Å². The summed E-state index contributed by atoms with van der Waals surface area (Å²) in [5.41, 5.74) is 1.11. The van der Waals surface area contributed by atoms with Crippen LogP contribution in [0.25, 0.3) is 11.5 Å². The van der Waals surface area contributed by atoms with Crippen LogP contribution >= 0.6 is 0 Å². The summed E-state index contributed by atoms with van der Waals surface area (Å²) >= 11 is 0. The molecule has 1 aliphatic rings. The third kappa shape index (κ3) is 3.85. The van der Waals surface area contributed by atoms with Crippen LogP contribution in [0.5, 0.6) is 11.5 Å². The highest BCUT2D eigenvalue weighted by Gasteiger charge is 2.30. The first kappa shape index (κ1) is 19.9. The number of rotatable bonds is 5. The molecule has 1 aliphatic heterocycles. The topological polar surface area (TPSA) is 77.7 Å². The minimum absolute atomic E-state index is 0.0685. The molecule has 7 nitrogen and oxygen atoms in total. The normalized spacial score (nSPS) is 16.4. The minimum Gasteiger partial charge on any atom is -0.493 e. The summed E-state index contributed by atoms with van der Waals surface area (Å²) in [6.45, 7) is 1.10. The molecule has 156 valence electrons. The summed E-state index contributed by atoms with van der Waals surface area (Å²) in [6, 6.07) is 11.1. The van der Waals surface area contributed by atoms with Crippen LogP contribution in [0.3, 0.4) is 0 Å². The molecule has 1 fully saturated rings. The van der Waals surface area contributed by atoms with Crippen LogP contribution in [0.4, 0.5) is 4.39 Å². The van der Waals surface area contributed by atoms with E-state index in [1.165, 1.54) is 26.4 Å². The standard InChI is InChI=1S/C22H22FN3O4/c1-28-18-7-3-6-17(19(18)29-2)22(27)26-12-4-5-15(13-26)21-25-24-20(30-21)14-8-10-16(23)11-9-14/h3,6-11,15H,4-5,12-13H2,1-2H3. The third-order valence-corrected chi connectivity index (χ3v) is 5.22. The van der Waals surface area contributed by atoms with Gasteiger partial charge in [-0.25, -0.2) is 4.39 Å². The molecule has 30 heavy (non-hydrogen) atoms. The van der Waals surface area contributed by atoms with Crippen LogP contribution in [0, 0.1) is 5.82 Å². The maximum absolute atomic E-state index is 13.2. The van der Waals surface area contributed by atoms with Gasteiger partial charge in [0.2, 0.25) is 11.8 Å². The third-order valence-electron chi connectivity index (χ3n) is 5.22. The summed E-state index contributed by atoms with van der Waals surface area (Å²) < 4.78 is 29.7. The molecule has 2 heterocycles. The van der Waals surface area contributed by atoms with Gasteiger partial charge in [0.1, 0.15) is 5.82 Å². The van der Waals surface area contributed by atoms with Crippen LogP contribution in [0.2, 0.25) is 0 Å². The molecule has 0 bridgehead atoms. The molecule has 0 spiro atoms. The lowest BCUT2D eigenvalue weighted by Crippen LogP contribution is -2.39. The Morgan fingerprint density at radius 2 is 1.93 bits per heavy atom. The number of methoxy groups -OCH3 is 2. The predicted molar refractivity (Wildman–Crippen MR) is 107 cm³/mol. The molecule has 0 aliphatic carbocycles. The zero-order valence-corrected chi connectivity index (χ0v) is 16.8. The summed E-state index contributed by atoms with van der Waals surface area (Å²) in [6.07, 6.45) is 1.65. The zero-order valence-electron chi connectivity index (χ0n) is 16.8. The van der Waals surface area contributed by atoms with E-state index in [0.717, 1.165) is 12.8 Å². The number of aromatic nitrogens is 2. The molecule has 1 amide bonds. The van der Waals surface area contributed by atoms with Crippen LogP contribution in [0.15, 0.2) is 46.9 Å². The predicted octanol–water partition coefficient (Wildman–Crippen LogP) is 3.91. The van der Waals surface area contributed by atoms with E-state index < -0.39 is 0 Å². The Labute approximate surface area is 173 Å². The Hall–Kier alpha value is -3.42. The van der Waals surface area contributed by atoms with Gasteiger partial charge in [-0.2, -0.15) is 0 Å². The second kappa shape index (κ2) is 8.52. The lowest BCUT2D eigenvalue weighted by Gasteiger charge is -2.31. The van der Waals surface area contributed by atoms with Gasteiger partial charge in [-0.05, 0) is 49.2 Å². The smallest absolute Gasteiger partial charge is 0.257 e. The van der Waals surface area contributed by atoms with Gasteiger partial charge in [-0.15, -0.1) is 10.2 Å². The van der Waals surface area contributed by atoms with Crippen molar-refractivity contribution in [2.75, 3.05) is 27.3 Å². The largest absolute Gasteiger partial charge is 0.493 e. The van der Waals surface area contributed by atoms with Crippen molar-refractivity contribution in [3.63, 3.8) is 0 Å². The van der Waals surface area contributed by atoms with Crippen molar-refractivity contribution in [2.24, 2.45) is 0 Å². The van der Waals surface area contributed by atoms with E-state index in [2.05, 4.69) is 10.2 Å². The van der Waals surface area contributed by atoms with Crippen molar-refractivity contribution >= 4 is 5.91 Å².